The van der Waals surface area contributed by atoms with E-state index in [9.17, 15) is 12.8 Å². The summed E-state index contributed by atoms with van der Waals surface area (Å²) in [5, 5.41) is 5.42. The molecule has 32 heavy (non-hydrogen) atoms. The SMILES string of the molecule is CC(c1nn(-c2cccc(S(C)(=O)=O)c2)c2cc(F)ccc12)n1cnc2ncnc-2c1N. The highest BCUT2D eigenvalue weighted by Crippen LogP contribution is 2.32. The standard InChI is InChI=1S/C21H18FN7O2S/c1-12(28-11-26-21-19(20(28)23)24-10-25-21)18-16-7-6-13(22)8-17(16)29(27-18)14-4-3-5-15(9-14)32(2,30)31/h3-12H,23H2,1-2H3. The third-order valence-electron chi connectivity index (χ3n) is 5.38. The molecule has 0 radical (unpaired) electrons. The molecule has 3 heterocycles. The number of sulfone groups is 1. The van der Waals surface area contributed by atoms with Crippen LogP contribution in [0.4, 0.5) is 10.2 Å². The van der Waals surface area contributed by atoms with Gasteiger partial charge in [0, 0.05) is 17.7 Å². The van der Waals surface area contributed by atoms with E-state index >= 15 is 0 Å². The molecule has 2 aliphatic heterocycles. The van der Waals surface area contributed by atoms with Crippen LogP contribution in [0.15, 0.2) is 60.0 Å². The Morgan fingerprint density at radius 3 is 2.69 bits per heavy atom. The fourth-order valence-electron chi connectivity index (χ4n) is 3.74. The second kappa shape index (κ2) is 7.09. The number of nitrogen functional groups attached to an aromatic ring is 1. The van der Waals surface area contributed by atoms with Crippen molar-refractivity contribution in [3.63, 3.8) is 0 Å². The van der Waals surface area contributed by atoms with Crippen LogP contribution in [0.25, 0.3) is 28.1 Å². The Balaban J connectivity index is 1.72. The zero-order chi connectivity index (χ0) is 22.6. The first-order valence-corrected chi connectivity index (χ1v) is 11.5. The Hall–Kier alpha value is -3.86. The van der Waals surface area contributed by atoms with Gasteiger partial charge < -0.3 is 10.3 Å². The molecule has 0 fully saturated rings. The lowest BCUT2D eigenvalue weighted by Gasteiger charge is -2.18. The first-order valence-electron chi connectivity index (χ1n) is 9.66. The maximum absolute atomic E-state index is 14.1. The van der Waals surface area contributed by atoms with Crippen LogP contribution in [0.1, 0.15) is 18.7 Å². The minimum absolute atomic E-state index is 0.146. The third-order valence-corrected chi connectivity index (χ3v) is 6.49. The number of fused-ring (bicyclic) bond motifs is 2. The summed E-state index contributed by atoms with van der Waals surface area (Å²) in [7, 11) is -3.43. The normalized spacial score (nSPS) is 13.1. The van der Waals surface area contributed by atoms with Gasteiger partial charge in [-0.1, -0.05) is 6.07 Å². The van der Waals surface area contributed by atoms with Crippen molar-refractivity contribution in [3.8, 4) is 17.2 Å². The molecule has 3 aromatic rings. The maximum atomic E-state index is 14.1. The molecule has 9 nitrogen and oxygen atoms in total. The third kappa shape index (κ3) is 3.17. The summed E-state index contributed by atoms with van der Waals surface area (Å²) >= 11 is 0. The van der Waals surface area contributed by atoms with E-state index in [4.69, 9.17) is 10.8 Å². The zero-order valence-electron chi connectivity index (χ0n) is 17.1. The number of anilines is 1. The summed E-state index contributed by atoms with van der Waals surface area (Å²) < 4.78 is 41.5. The Kier molecular flexibility index (Phi) is 4.45. The number of hydrogen-bond acceptors (Lipinski definition) is 7. The van der Waals surface area contributed by atoms with Crippen LogP contribution >= 0.6 is 0 Å². The molecule has 162 valence electrons. The predicted molar refractivity (Wildman–Crippen MR) is 117 cm³/mol. The van der Waals surface area contributed by atoms with Crippen molar-refractivity contribution in [2.45, 2.75) is 17.9 Å². The molecular formula is C21H18FN7O2S. The Morgan fingerprint density at radius 2 is 1.91 bits per heavy atom. The highest BCUT2D eigenvalue weighted by Gasteiger charge is 2.23. The summed E-state index contributed by atoms with van der Waals surface area (Å²) in [5.74, 6) is 0.393. The first kappa shape index (κ1) is 20.1. The van der Waals surface area contributed by atoms with Crippen molar-refractivity contribution < 1.29 is 12.8 Å². The van der Waals surface area contributed by atoms with Gasteiger partial charge in [0.2, 0.25) is 0 Å². The molecule has 0 aliphatic carbocycles. The molecule has 2 aromatic carbocycles. The van der Waals surface area contributed by atoms with Crippen LogP contribution < -0.4 is 5.73 Å². The molecule has 0 amide bonds. The minimum Gasteiger partial charge on any atom is -0.383 e. The highest BCUT2D eigenvalue weighted by molar-refractivity contribution is 7.90. The van der Waals surface area contributed by atoms with E-state index in [0.717, 1.165) is 6.26 Å². The number of imidazole rings is 1. The van der Waals surface area contributed by atoms with Gasteiger partial charge in [-0.3, -0.25) is 0 Å². The van der Waals surface area contributed by atoms with Crippen LogP contribution in [-0.4, -0.2) is 44.0 Å². The van der Waals surface area contributed by atoms with Crippen molar-refractivity contribution in [2.75, 3.05) is 12.0 Å². The van der Waals surface area contributed by atoms with Crippen LogP contribution in [-0.2, 0) is 9.84 Å². The molecule has 1 unspecified atom stereocenters. The molecule has 11 heteroatoms. The largest absolute Gasteiger partial charge is 0.383 e. The number of hydrogen-bond donors (Lipinski definition) is 1. The van der Waals surface area contributed by atoms with Gasteiger partial charge in [0.25, 0.3) is 0 Å². The van der Waals surface area contributed by atoms with Gasteiger partial charge in [0.15, 0.2) is 15.7 Å². The van der Waals surface area contributed by atoms with Crippen molar-refractivity contribution in [1.29, 1.82) is 0 Å². The molecule has 0 saturated carbocycles. The molecule has 0 spiro atoms. The van der Waals surface area contributed by atoms with Gasteiger partial charge in [0.05, 0.1) is 34.2 Å². The van der Waals surface area contributed by atoms with Crippen molar-refractivity contribution in [1.82, 2.24) is 29.3 Å². The van der Waals surface area contributed by atoms with E-state index in [0.29, 0.717) is 39.6 Å². The van der Waals surface area contributed by atoms with Crippen LogP contribution in [0, 0.1) is 5.82 Å². The van der Waals surface area contributed by atoms with Gasteiger partial charge in [-0.2, -0.15) is 5.10 Å². The van der Waals surface area contributed by atoms with Crippen LogP contribution in [0.2, 0.25) is 0 Å². The average molecular weight is 451 g/mol. The number of nitrogens with two attached hydrogens (primary N) is 1. The minimum atomic E-state index is -3.43. The van der Waals surface area contributed by atoms with Crippen LogP contribution in [0.3, 0.4) is 0 Å². The monoisotopic (exact) mass is 451 g/mol. The Labute approximate surface area is 182 Å². The van der Waals surface area contributed by atoms with E-state index in [-0.39, 0.29) is 10.9 Å². The summed E-state index contributed by atoms with van der Waals surface area (Å²) in [4.78, 5) is 12.7. The predicted octanol–water partition coefficient (Wildman–Crippen LogP) is 2.85. The molecule has 2 N–H and O–H groups in total. The molecule has 0 bridgehead atoms. The fraction of sp³-hybridized carbons (Fsp3) is 0.143. The molecule has 1 aromatic heterocycles. The topological polar surface area (TPSA) is 122 Å². The number of rotatable bonds is 4. The van der Waals surface area contributed by atoms with Crippen LogP contribution in [0.5, 0.6) is 0 Å². The fourth-order valence-corrected chi connectivity index (χ4v) is 4.40. The first-order chi connectivity index (χ1) is 15.2. The lowest BCUT2D eigenvalue weighted by atomic mass is 10.1. The number of halogens is 1. The molecular weight excluding hydrogens is 433 g/mol. The van der Waals surface area contributed by atoms with E-state index < -0.39 is 15.7 Å². The molecule has 2 aliphatic rings. The number of nitrogens with zero attached hydrogens (tertiary/aromatic N) is 6. The lowest BCUT2D eigenvalue weighted by Crippen LogP contribution is -2.15. The second-order valence-corrected chi connectivity index (χ2v) is 9.50. The summed E-state index contributed by atoms with van der Waals surface area (Å²) in [6.45, 7) is 1.89. The van der Waals surface area contributed by atoms with Gasteiger partial charge in [0.1, 0.15) is 23.7 Å². The van der Waals surface area contributed by atoms with Crippen molar-refractivity contribution in [3.05, 3.63) is 66.6 Å². The number of benzene rings is 2. The quantitative estimate of drug-likeness (QED) is 0.446. The van der Waals surface area contributed by atoms with E-state index in [1.54, 1.807) is 29.1 Å². The van der Waals surface area contributed by atoms with Gasteiger partial charge in [-0.15, -0.1) is 0 Å². The van der Waals surface area contributed by atoms with E-state index in [2.05, 4.69) is 15.0 Å². The summed E-state index contributed by atoms with van der Waals surface area (Å²) in [6, 6.07) is 10.3. The Bertz CT molecular complexity index is 1560. The maximum Gasteiger partial charge on any atom is 0.184 e. The Morgan fingerprint density at radius 1 is 1.09 bits per heavy atom. The number of aromatic nitrogens is 6. The van der Waals surface area contributed by atoms with Gasteiger partial charge >= 0.3 is 0 Å². The highest BCUT2D eigenvalue weighted by atomic mass is 32.2. The van der Waals surface area contributed by atoms with E-state index in [1.165, 1.54) is 35.3 Å². The lowest BCUT2D eigenvalue weighted by molar-refractivity contribution is 0.601. The van der Waals surface area contributed by atoms with E-state index in [1.807, 2.05) is 6.92 Å². The smallest absolute Gasteiger partial charge is 0.184 e. The summed E-state index contributed by atoms with van der Waals surface area (Å²) in [5.41, 5.74) is 8.40. The summed E-state index contributed by atoms with van der Waals surface area (Å²) in [6.07, 6.45) is 4.09. The molecule has 1 atom stereocenters. The molecule has 5 rings (SSSR count). The average Bonchev–Trinajstić information content (AvgIpc) is 3.38. The second-order valence-electron chi connectivity index (χ2n) is 7.49. The molecule has 0 saturated heterocycles. The van der Waals surface area contributed by atoms with Crippen molar-refractivity contribution >= 4 is 26.6 Å². The zero-order valence-corrected chi connectivity index (χ0v) is 18.0. The van der Waals surface area contributed by atoms with Gasteiger partial charge in [-0.05, 0) is 37.3 Å². The van der Waals surface area contributed by atoms with Crippen molar-refractivity contribution in [2.24, 2.45) is 0 Å². The van der Waals surface area contributed by atoms with Gasteiger partial charge in [-0.25, -0.2) is 32.4 Å².